The molecule has 2 rings (SSSR count). The van der Waals surface area contributed by atoms with Crippen LogP contribution >= 0.6 is 0 Å². The average Bonchev–Trinajstić information content (AvgIpc) is 2.47. The fourth-order valence-electron chi connectivity index (χ4n) is 1.53. The molecule has 3 heteroatoms. The number of fused-ring (bicyclic) bond motifs is 1. The fourth-order valence-corrected chi connectivity index (χ4v) is 1.53. The summed E-state index contributed by atoms with van der Waals surface area (Å²) in [5.41, 5.74) is 7.29. The number of hydrogen-bond donors (Lipinski definition) is 1. The van der Waals surface area contributed by atoms with Gasteiger partial charge >= 0.3 is 0 Å². The smallest absolute Gasteiger partial charge is 0.157 e. The van der Waals surface area contributed by atoms with E-state index in [1.54, 1.807) is 0 Å². The van der Waals surface area contributed by atoms with E-state index in [0.29, 0.717) is 5.69 Å². The predicted octanol–water partition coefficient (Wildman–Crippen LogP) is 2.08. The van der Waals surface area contributed by atoms with Crippen molar-refractivity contribution in [2.75, 3.05) is 19.8 Å². The van der Waals surface area contributed by atoms with Gasteiger partial charge in [0.15, 0.2) is 5.58 Å². The maximum atomic E-state index is 5.79. The number of rotatable bonds is 2. The van der Waals surface area contributed by atoms with Crippen molar-refractivity contribution < 1.29 is 4.42 Å². The summed E-state index contributed by atoms with van der Waals surface area (Å²) >= 11 is 0. The number of nitrogen functional groups attached to an aromatic ring is 1. The molecule has 2 aromatic rings. The second kappa shape index (κ2) is 3.35. The molecule has 0 aliphatic carbocycles. The van der Waals surface area contributed by atoms with Crippen molar-refractivity contribution in [3.63, 3.8) is 0 Å². The highest BCUT2D eigenvalue weighted by Gasteiger charge is 2.06. The van der Waals surface area contributed by atoms with Crippen LogP contribution in [0.2, 0.25) is 0 Å². The van der Waals surface area contributed by atoms with Gasteiger partial charge in [0.2, 0.25) is 0 Å². The van der Waals surface area contributed by atoms with Gasteiger partial charge in [-0.25, -0.2) is 0 Å². The van der Waals surface area contributed by atoms with Gasteiger partial charge in [0.25, 0.3) is 0 Å². The molecule has 0 saturated carbocycles. The lowest BCUT2D eigenvalue weighted by Gasteiger charge is -2.05. The Morgan fingerprint density at radius 2 is 2.14 bits per heavy atom. The van der Waals surface area contributed by atoms with Crippen LogP contribution in [0.5, 0.6) is 0 Å². The van der Waals surface area contributed by atoms with E-state index in [4.69, 9.17) is 10.2 Å². The first-order valence-corrected chi connectivity index (χ1v) is 4.58. The van der Waals surface area contributed by atoms with Crippen LogP contribution in [0.3, 0.4) is 0 Å². The Kier molecular flexibility index (Phi) is 2.17. The van der Waals surface area contributed by atoms with Gasteiger partial charge in [-0.3, -0.25) is 0 Å². The van der Waals surface area contributed by atoms with E-state index in [0.717, 1.165) is 23.3 Å². The third-order valence-electron chi connectivity index (χ3n) is 2.10. The second-order valence-corrected chi connectivity index (χ2v) is 3.72. The number of anilines is 1. The Morgan fingerprint density at radius 1 is 1.36 bits per heavy atom. The lowest BCUT2D eigenvalue weighted by atomic mass is 10.2. The van der Waals surface area contributed by atoms with Crippen molar-refractivity contribution in [2.24, 2.45) is 0 Å². The quantitative estimate of drug-likeness (QED) is 0.737. The van der Waals surface area contributed by atoms with E-state index in [-0.39, 0.29) is 0 Å². The molecule has 0 aliphatic heterocycles. The lowest BCUT2D eigenvalue weighted by Crippen LogP contribution is -2.09. The van der Waals surface area contributed by atoms with Gasteiger partial charge in [-0.15, -0.1) is 0 Å². The van der Waals surface area contributed by atoms with Gasteiger partial charge in [0.1, 0.15) is 5.76 Å². The Balaban J connectivity index is 2.46. The lowest BCUT2D eigenvalue weighted by molar-refractivity contribution is 0.358. The van der Waals surface area contributed by atoms with Crippen molar-refractivity contribution in [3.05, 3.63) is 30.0 Å². The number of hydrogen-bond acceptors (Lipinski definition) is 3. The first kappa shape index (κ1) is 9.09. The van der Waals surface area contributed by atoms with Crippen LogP contribution in [-0.2, 0) is 6.54 Å². The van der Waals surface area contributed by atoms with E-state index < -0.39 is 0 Å². The zero-order chi connectivity index (χ0) is 10.1. The summed E-state index contributed by atoms with van der Waals surface area (Å²) in [6.45, 7) is 0.800. The molecular weight excluding hydrogens is 176 g/mol. The number of para-hydroxylation sites is 1. The molecule has 0 bridgehead atoms. The predicted molar refractivity (Wildman–Crippen MR) is 58.0 cm³/mol. The van der Waals surface area contributed by atoms with Crippen LogP contribution in [0.15, 0.2) is 28.7 Å². The van der Waals surface area contributed by atoms with Gasteiger partial charge in [-0.1, -0.05) is 12.1 Å². The fraction of sp³-hybridized carbons (Fsp3) is 0.273. The summed E-state index contributed by atoms with van der Waals surface area (Å²) in [5, 5.41) is 1.07. The largest absolute Gasteiger partial charge is 0.458 e. The van der Waals surface area contributed by atoms with Gasteiger partial charge in [0, 0.05) is 5.39 Å². The zero-order valence-corrected chi connectivity index (χ0v) is 8.45. The van der Waals surface area contributed by atoms with Gasteiger partial charge in [-0.05, 0) is 26.2 Å². The van der Waals surface area contributed by atoms with E-state index >= 15 is 0 Å². The zero-order valence-electron chi connectivity index (χ0n) is 8.45. The van der Waals surface area contributed by atoms with Gasteiger partial charge in [0.05, 0.1) is 12.2 Å². The minimum absolute atomic E-state index is 0.701. The summed E-state index contributed by atoms with van der Waals surface area (Å²) in [5.74, 6) is 0.947. The molecule has 2 N–H and O–H groups in total. The van der Waals surface area contributed by atoms with Crippen LogP contribution in [0, 0.1) is 0 Å². The van der Waals surface area contributed by atoms with E-state index in [2.05, 4.69) is 4.90 Å². The Morgan fingerprint density at radius 3 is 2.79 bits per heavy atom. The molecule has 1 aromatic heterocycles. The normalized spacial score (nSPS) is 11.4. The van der Waals surface area contributed by atoms with Crippen LogP contribution in [0.4, 0.5) is 5.69 Å². The molecule has 3 nitrogen and oxygen atoms in total. The number of benzene rings is 1. The first-order valence-electron chi connectivity index (χ1n) is 4.58. The van der Waals surface area contributed by atoms with Crippen molar-refractivity contribution >= 4 is 16.7 Å². The summed E-state index contributed by atoms with van der Waals surface area (Å²) in [4.78, 5) is 2.06. The molecule has 0 spiro atoms. The summed E-state index contributed by atoms with van der Waals surface area (Å²) in [6.07, 6.45) is 0. The van der Waals surface area contributed by atoms with E-state index in [9.17, 15) is 0 Å². The Hall–Kier alpha value is -1.48. The highest BCUT2D eigenvalue weighted by molar-refractivity contribution is 5.88. The molecule has 0 radical (unpaired) electrons. The molecule has 1 aromatic carbocycles. The summed E-state index contributed by atoms with van der Waals surface area (Å²) in [6, 6.07) is 7.83. The second-order valence-electron chi connectivity index (χ2n) is 3.72. The Labute approximate surface area is 83.1 Å². The van der Waals surface area contributed by atoms with Crippen molar-refractivity contribution in [1.82, 2.24) is 4.90 Å². The minimum atomic E-state index is 0.701. The van der Waals surface area contributed by atoms with Gasteiger partial charge < -0.3 is 15.1 Å². The van der Waals surface area contributed by atoms with Crippen LogP contribution in [0.1, 0.15) is 5.76 Å². The standard InChI is InChI=1S/C11H14N2O/c1-13(2)7-9-6-8-4-3-5-10(12)11(8)14-9/h3-6H,7,12H2,1-2H3. The van der Waals surface area contributed by atoms with Gasteiger partial charge in [-0.2, -0.15) is 0 Å². The van der Waals surface area contributed by atoms with Crippen LogP contribution < -0.4 is 5.73 Å². The Bertz CT molecular complexity index is 445. The van der Waals surface area contributed by atoms with Crippen LogP contribution in [0.25, 0.3) is 11.0 Å². The van der Waals surface area contributed by atoms with E-state index in [1.165, 1.54) is 0 Å². The molecule has 14 heavy (non-hydrogen) atoms. The highest BCUT2D eigenvalue weighted by Crippen LogP contribution is 2.24. The molecule has 0 saturated heterocycles. The molecule has 74 valence electrons. The highest BCUT2D eigenvalue weighted by atomic mass is 16.3. The monoisotopic (exact) mass is 190 g/mol. The van der Waals surface area contributed by atoms with Crippen LogP contribution in [-0.4, -0.2) is 19.0 Å². The first-order chi connectivity index (χ1) is 6.66. The van der Waals surface area contributed by atoms with E-state index in [1.807, 2.05) is 38.4 Å². The maximum absolute atomic E-state index is 5.79. The minimum Gasteiger partial charge on any atom is -0.458 e. The molecule has 0 unspecified atom stereocenters. The van der Waals surface area contributed by atoms with Crippen molar-refractivity contribution in [2.45, 2.75) is 6.54 Å². The summed E-state index contributed by atoms with van der Waals surface area (Å²) in [7, 11) is 4.02. The maximum Gasteiger partial charge on any atom is 0.157 e. The molecule has 0 amide bonds. The molecule has 0 aliphatic rings. The number of furan rings is 1. The molecule has 0 fully saturated rings. The third-order valence-corrected chi connectivity index (χ3v) is 2.10. The summed E-state index contributed by atoms with van der Waals surface area (Å²) < 4.78 is 5.64. The third kappa shape index (κ3) is 1.59. The average molecular weight is 190 g/mol. The SMILES string of the molecule is CN(C)Cc1cc2cccc(N)c2o1. The number of nitrogens with two attached hydrogens (primary N) is 1. The topological polar surface area (TPSA) is 42.4 Å². The van der Waals surface area contributed by atoms with Crippen molar-refractivity contribution in [3.8, 4) is 0 Å². The molecule has 1 heterocycles. The number of nitrogens with zero attached hydrogens (tertiary/aromatic N) is 1. The molecular formula is C11H14N2O. The molecule has 0 atom stereocenters. The van der Waals surface area contributed by atoms with Crippen molar-refractivity contribution in [1.29, 1.82) is 0 Å².